The van der Waals surface area contributed by atoms with Gasteiger partial charge in [-0.2, -0.15) is 0 Å². The number of methoxy groups -OCH3 is 1. The van der Waals surface area contributed by atoms with Gasteiger partial charge in [-0.3, -0.25) is 0 Å². The number of benzene rings is 1. The van der Waals surface area contributed by atoms with Gasteiger partial charge in [0.2, 0.25) is 10.0 Å². The standard InChI is InChI=1S/C12H17FN2O4S/c1-18-12(4-5-19-8-12)7-15-20(16,17)9-2-3-10(13)11(14)6-9/h2-3,6,15H,4-5,7-8,14H2,1H3. The van der Waals surface area contributed by atoms with Gasteiger partial charge in [0.1, 0.15) is 11.4 Å². The molecule has 3 N–H and O–H groups in total. The van der Waals surface area contributed by atoms with Crippen LogP contribution in [0.15, 0.2) is 23.1 Å². The summed E-state index contributed by atoms with van der Waals surface area (Å²) in [6, 6.07) is 3.27. The lowest BCUT2D eigenvalue weighted by atomic mass is 10.0. The highest BCUT2D eigenvalue weighted by Gasteiger charge is 2.36. The topological polar surface area (TPSA) is 90.7 Å². The molecule has 1 saturated heterocycles. The van der Waals surface area contributed by atoms with E-state index in [0.29, 0.717) is 19.6 Å². The largest absolute Gasteiger partial charge is 0.396 e. The van der Waals surface area contributed by atoms with Crippen molar-refractivity contribution in [2.75, 3.05) is 32.6 Å². The van der Waals surface area contributed by atoms with Crippen LogP contribution < -0.4 is 10.5 Å². The zero-order valence-corrected chi connectivity index (χ0v) is 11.9. The molecule has 8 heteroatoms. The summed E-state index contributed by atoms with van der Waals surface area (Å²) >= 11 is 0. The van der Waals surface area contributed by atoms with Crippen LogP contribution in [-0.2, 0) is 19.5 Å². The second-order valence-electron chi connectivity index (χ2n) is 4.70. The van der Waals surface area contributed by atoms with E-state index < -0.39 is 21.4 Å². The first-order chi connectivity index (χ1) is 9.38. The Balaban J connectivity index is 2.13. The van der Waals surface area contributed by atoms with E-state index in [1.165, 1.54) is 13.2 Å². The summed E-state index contributed by atoms with van der Waals surface area (Å²) in [5.74, 6) is -0.651. The van der Waals surface area contributed by atoms with Gasteiger partial charge < -0.3 is 15.2 Å². The number of nitrogens with one attached hydrogen (secondary N) is 1. The normalized spacial score (nSPS) is 23.1. The summed E-state index contributed by atoms with van der Waals surface area (Å²) in [5, 5.41) is 0. The van der Waals surface area contributed by atoms with E-state index in [-0.39, 0.29) is 17.1 Å². The van der Waals surface area contributed by atoms with Gasteiger partial charge >= 0.3 is 0 Å². The minimum absolute atomic E-state index is 0.0819. The monoisotopic (exact) mass is 304 g/mol. The average Bonchev–Trinajstić information content (AvgIpc) is 2.89. The molecule has 1 atom stereocenters. The SMILES string of the molecule is COC1(CNS(=O)(=O)c2ccc(F)c(N)c2)CCOC1. The Kier molecular flexibility index (Phi) is 4.28. The molecule has 20 heavy (non-hydrogen) atoms. The first-order valence-electron chi connectivity index (χ1n) is 6.06. The predicted octanol–water partition coefficient (Wildman–Crippen LogP) is 0.492. The minimum Gasteiger partial charge on any atom is -0.396 e. The molecule has 2 rings (SSSR count). The van der Waals surface area contributed by atoms with Crippen LogP contribution in [0.2, 0.25) is 0 Å². The number of ether oxygens (including phenoxy) is 2. The molecule has 1 aromatic rings. The molecule has 1 heterocycles. The van der Waals surface area contributed by atoms with E-state index in [4.69, 9.17) is 15.2 Å². The number of hydrogen-bond acceptors (Lipinski definition) is 5. The van der Waals surface area contributed by atoms with E-state index in [1.807, 2.05) is 0 Å². The third-order valence-electron chi connectivity index (χ3n) is 3.36. The van der Waals surface area contributed by atoms with Crippen molar-refractivity contribution in [1.29, 1.82) is 0 Å². The van der Waals surface area contributed by atoms with Crippen molar-refractivity contribution >= 4 is 15.7 Å². The maximum atomic E-state index is 13.1. The molecule has 0 aliphatic carbocycles. The van der Waals surface area contributed by atoms with E-state index in [9.17, 15) is 12.8 Å². The third kappa shape index (κ3) is 3.09. The van der Waals surface area contributed by atoms with Crippen LogP contribution in [0, 0.1) is 5.82 Å². The molecule has 1 fully saturated rings. The van der Waals surface area contributed by atoms with E-state index >= 15 is 0 Å². The number of hydrogen-bond donors (Lipinski definition) is 2. The number of nitrogen functional groups attached to an aromatic ring is 1. The molecule has 0 saturated carbocycles. The molecular formula is C12H17FN2O4S. The van der Waals surface area contributed by atoms with Crippen molar-refractivity contribution in [2.24, 2.45) is 0 Å². The molecule has 6 nitrogen and oxygen atoms in total. The van der Waals surface area contributed by atoms with Crippen LogP contribution in [0.25, 0.3) is 0 Å². The van der Waals surface area contributed by atoms with Crippen molar-refractivity contribution in [3.8, 4) is 0 Å². The maximum Gasteiger partial charge on any atom is 0.240 e. The summed E-state index contributed by atoms with van der Waals surface area (Å²) in [6.07, 6.45) is 0.609. The summed E-state index contributed by atoms with van der Waals surface area (Å²) < 4.78 is 50.3. The van der Waals surface area contributed by atoms with Crippen LogP contribution in [0.5, 0.6) is 0 Å². The quantitative estimate of drug-likeness (QED) is 0.773. The van der Waals surface area contributed by atoms with Crippen LogP contribution in [0.3, 0.4) is 0 Å². The van der Waals surface area contributed by atoms with Gasteiger partial charge in [0.15, 0.2) is 0 Å². The third-order valence-corrected chi connectivity index (χ3v) is 4.76. The van der Waals surface area contributed by atoms with Gasteiger partial charge in [-0.1, -0.05) is 0 Å². The van der Waals surface area contributed by atoms with Gasteiger partial charge in [-0.15, -0.1) is 0 Å². The summed E-state index contributed by atoms with van der Waals surface area (Å²) in [4.78, 5) is -0.0819. The fourth-order valence-electron chi connectivity index (χ4n) is 1.96. The van der Waals surface area contributed by atoms with Gasteiger partial charge in [-0.25, -0.2) is 17.5 Å². The molecule has 0 radical (unpaired) electrons. The summed E-state index contributed by atoms with van der Waals surface area (Å²) in [5.41, 5.74) is 4.51. The molecule has 1 aliphatic heterocycles. The van der Waals surface area contributed by atoms with Crippen LogP contribution >= 0.6 is 0 Å². The van der Waals surface area contributed by atoms with Crippen molar-refractivity contribution < 1.29 is 22.3 Å². The van der Waals surface area contributed by atoms with Gasteiger partial charge in [0.05, 0.1) is 17.2 Å². The van der Waals surface area contributed by atoms with Gasteiger partial charge in [0, 0.05) is 26.7 Å². The Morgan fingerprint density at radius 1 is 1.55 bits per heavy atom. The Morgan fingerprint density at radius 2 is 2.30 bits per heavy atom. The zero-order valence-electron chi connectivity index (χ0n) is 11.1. The lowest BCUT2D eigenvalue weighted by molar-refractivity contribution is -0.0120. The summed E-state index contributed by atoms with van der Waals surface area (Å²) in [7, 11) is -2.25. The highest BCUT2D eigenvalue weighted by molar-refractivity contribution is 7.89. The average molecular weight is 304 g/mol. The number of halogens is 1. The fourth-order valence-corrected chi connectivity index (χ4v) is 3.11. The van der Waals surface area contributed by atoms with Crippen molar-refractivity contribution in [1.82, 2.24) is 4.72 Å². The number of anilines is 1. The molecule has 1 unspecified atom stereocenters. The summed E-state index contributed by atoms with van der Waals surface area (Å²) in [6.45, 7) is 0.944. The molecule has 0 bridgehead atoms. The highest BCUT2D eigenvalue weighted by Crippen LogP contribution is 2.23. The Bertz CT molecular complexity index is 585. The van der Waals surface area contributed by atoms with Gasteiger partial charge in [0.25, 0.3) is 0 Å². The first kappa shape index (κ1) is 15.2. The zero-order chi connectivity index (χ0) is 14.8. The molecule has 1 aliphatic rings. The lowest BCUT2D eigenvalue weighted by Crippen LogP contribution is -2.44. The minimum atomic E-state index is -3.77. The highest BCUT2D eigenvalue weighted by atomic mass is 32.2. The second kappa shape index (κ2) is 5.65. The Hall–Kier alpha value is -1.22. The molecule has 112 valence electrons. The number of rotatable bonds is 5. The number of nitrogens with two attached hydrogens (primary N) is 1. The van der Waals surface area contributed by atoms with E-state index in [2.05, 4.69) is 4.72 Å². The van der Waals surface area contributed by atoms with E-state index in [1.54, 1.807) is 0 Å². The van der Waals surface area contributed by atoms with Crippen molar-refractivity contribution in [2.45, 2.75) is 16.9 Å². The Morgan fingerprint density at radius 3 is 2.85 bits per heavy atom. The smallest absolute Gasteiger partial charge is 0.240 e. The van der Waals surface area contributed by atoms with Crippen LogP contribution in [0.4, 0.5) is 10.1 Å². The molecule has 0 spiro atoms. The number of sulfonamides is 1. The first-order valence-corrected chi connectivity index (χ1v) is 7.54. The lowest BCUT2D eigenvalue weighted by Gasteiger charge is -2.25. The predicted molar refractivity (Wildman–Crippen MR) is 71.2 cm³/mol. The Labute approximate surface area is 117 Å². The molecule has 0 amide bonds. The van der Waals surface area contributed by atoms with Crippen LogP contribution in [-0.4, -0.2) is 40.9 Å². The second-order valence-corrected chi connectivity index (χ2v) is 6.46. The van der Waals surface area contributed by atoms with Gasteiger partial charge in [-0.05, 0) is 18.2 Å². The maximum absolute atomic E-state index is 13.1. The molecular weight excluding hydrogens is 287 g/mol. The fraction of sp³-hybridized carbons (Fsp3) is 0.500. The van der Waals surface area contributed by atoms with E-state index in [0.717, 1.165) is 12.1 Å². The van der Waals surface area contributed by atoms with Crippen molar-refractivity contribution in [3.05, 3.63) is 24.0 Å². The molecule has 1 aromatic carbocycles. The van der Waals surface area contributed by atoms with Crippen LogP contribution in [0.1, 0.15) is 6.42 Å². The molecule has 0 aromatic heterocycles. The van der Waals surface area contributed by atoms with Crippen molar-refractivity contribution in [3.63, 3.8) is 0 Å².